The van der Waals surface area contributed by atoms with Gasteiger partial charge < -0.3 is 20.4 Å². The Hall–Kier alpha value is -2.12. The van der Waals surface area contributed by atoms with Gasteiger partial charge in [-0.2, -0.15) is 0 Å². The molecule has 8 heteroatoms. The Balaban J connectivity index is 6.70. The van der Waals surface area contributed by atoms with Crippen LogP contribution in [0.5, 0.6) is 0 Å². The van der Waals surface area contributed by atoms with E-state index in [9.17, 15) is 39.6 Å². The molecule has 8 nitrogen and oxygen atoms in total. The van der Waals surface area contributed by atoms with Gasteiger partial charge in [0.2, 0.25) is 0 Å². The molecular formula is C16H26O8. The van der Waals surface area contributed by atoms with Crippen molar-refractivity contribution in [2.75, 3.05) is 0 Å². The summed E-state index contributed by atoms with van der Waals surface area (Å²) in [6.07, 6.45) is -2.40. The summed E-state index contributed by atoms with van der Waals surface area (Å²) in [5, 5.41) is 38.1. The Morgan fingerprint density at radius 2 is 0.917 bits per heavy atom. The van der Waals surface area contributed by atoms with Crippen LogP contribution in [0, 0.1) is 22.7 Å². The van der Waals surface area contributed by atoms with Gasteiger partial charge in [-0.05, 0) is 24.7 Å². The zero-order chi connectivity index (χ0) is 19.3. The Bertz CT molecular complexity index is 464. The number of carboxylic acids is 4. The Labute approximate surface area is 140 Å². The van der Waals surface area contributed by atoms with Gasteiger partial charge in [-0.25, -0.2) is 0 Å². The number of rotatable bonds is 11. The normalized spacial score (nSPS) is 16.4. The first kappa shape index (κ1) is 21.9. The largest absolute Gasteiger partial charge is 0.481 e. The monoisotopic (exact) mass is 346 g/mol. The fraction of sp³-hybridized carbons (Fsp3) is 0.750. The maximum absolute atomic E-state index is 12.1. The van der Waals surface area contributed by atoms with Gasteiger partial charge >= 0.3 is 23.9 Å². The smallest absolute Gasteiger partial charge is 0.311 e. The number of hydrogen-bond donors (Lipinski definition) is 4. The molecule has 2 unspecified atom stereocenters. The van der Waals surface area contributed by atoms with Gasteiger partial charge in [0.1, 0.15) is 0 Å². The summed E-state index contributed by atoms with van der Waals surface area (Å²) in [4.78, 5) is 46.8. The number of aliphatic carboxylic acids is 4. The van der Waals surface area contributed by atoms with Gasteiger partial charge in [0.25, 0.3) is 0 Å². The van der Waals surface area contributed by atoms with Crippen LogP contribution in [0.3, 0.4) is 0 Å². The van der Waals surface area contributed by atoms with Gasteiger partial charge in [0.05, 0.1) is 23.7 Å². The van der Waals surface area contributed by atoms with Crippen molar-refractivity contribution in [3.8, 4) is 0 Å². The molecule has 0 bridgehead atoms. The van der Waals surface area contributed by atoms with Crippen LogP contribution in [0.15, 0.2) is 0 Å². The highest BCUT2D eigenvalue weighted by molar-refractivity contribution is 5.92. The molecule has 0 aliphatic rings. The summed E-state index contributed by atoms with van der Waals surface area (Å²) in [6.45, 7) is 6.56. The second-order valence-electron chi connectivity index (χ2n) is 7.11. The first-order chi connectivity index (χ1) is 10.8. The first-order valence-corrected chi connectivity index (χ1v) is 7.71. The first-order valence-electron chi connectivity index (χ1n) is 7.71. The average Bonchev–Trinajstić information content (AvgIpc) is 2.33. The van der Waals surface area contributed by atoms with Crippen molar-refractivity contribution in [3.05, 3.63) is 0 Å². The van der Waals surface area contributed by atoms with Gasteiger partial charge in [-0.1, -0.05) is 27.7 Å². The molecule has 0 saturated carbocycles. The van der Waals surface area contributed by atoms with Crippen LogP contribution in [-0.2, 0) is 19.2 Å². The molecule has 0 heterocycles. The van der Waals surface area contributed by atoms with Crippen molar-refractivity contribution in [2.24, 2.45) is 22.7 Å². The SMILES string of the molecule is CC(C)CC(CC(=O)O)(C(=O)O)C(CC(=O)O)(CC(C)C)C(=O)O. The second-order valence-corrected chi connectivity index (χ2v) is 7.11. The summed E-state index contributed by atoms with van der Waals surface area (Å²) in [5.74, 6) is -6.80. The summed E-state index contributed by atoms with van der Waals surface area (Å²) in [5.41, 5.74) is -4.44. The van der Waals surface area contributed by atoms with Gasteiger partial charge in [0, 0.05) is 0 Å². The third-order valence-electron chi connectivity index (χ3n) is 4.15. The molecule has 0 radical (unpaired) electrons. The quantitative estimate of drug-likeness (QED) is 0.444. The van der Waals surface area contributed by atoms with Crippen molar-refractivity contribution >= 4 is 23.9 Å². The van der Waals surface area contributed by atoms with E-state index >= 15 is 0 Å². The predicted octanol–water partition coefficient (Wildman–Crippen LogP) is 2.17. The van der Waals surface area contributed by atoms with E-state index in [0.29, 0.717) is 0 Å². The molecule has 24 heavy (non-hydrogen) atoms. The van der Waals surface area contributed by atoms with E-state index in [2.05, 4.69) is 0 Å². The summed E-state index contributed by atoms with van der Waals surface area (Å²) < 4.78 is 0. The Morgan fingerprint density at radius 1 is 0.667 bits per heavy atom. The minimum atomic E-state index is -2.22. The number of hydrogen-bond acceptors (Lipinski definition) is 4. The molecule has 0 saturated heterocycles. The number of carboxylic acid groups (broad SMARTS) is 4. The molecular weight excluding hydrogens is 320 g/mol. The van der Waals surface area contributed by atoms with Crippen LogP contribution in [-0.4, -0.2) is 44.3 Å². The molecule has 0 aliphatic carbocycles. The molecule has 0 aliphatic heterocycles. The van der Waals surface area contributed by atoms with Gasteiger partial charge in [0.15, 0.2) is 0 Å². The third kappa shape index (κ3) is 4.69. The van der Waals surface area contributed by atoms with Crippen LogP contribution < -0.4 is 0 Å². The minimum Gasteiger partial charge on any atom is -0.481 e. The Kier molecular flexibility index (Phi) is 7.40. The summed E-state index contributed by atoms with van der Waals surface area (Å²) >= 11 is 0. The molecule has 138 valence electrons. The van der Waals surface area contributed by atoms with E-state index in [1.165, 1.54) is 0 Å². The molecule has 0 rings (SSSR count). The molecule has 0 aromatic heterocycles. The van der Waals surface area contributed by atoms with Crippen LogP contribution in [0.4, 0.5) is 0 Å². The molecule has 0 fully saturated rings. The third-order valence-corrected chi connectivity index (χ3v) is 4.15. The molecule has 0 spiro atoms. The van der Waals surface area contributed by atoms with Gasteiger partial charge in [-0.3, -0.25) is 19.2 Å². The fourth-order valence-corrected chi connectivity index (χ4v) is 3.52. The fourth-order valence-electron chi connectivity index (χ4n) is 3.52. The molecule has 0 aromatic carbocycles. The van der Waals surface area contributed by atoms with Crippen molar-refractivity contribution in [1.29, 1.82) is 0 Å². The van der Waals surface area contributed by atoms with Gasteiger partial charge in [-0.15, -0.1) is 0 Å². The second kappa shape index (κ2) is 8.12. The van der Waals surface area contributed by atoms with E-state index in [1.807, 2.05) is 0 Å². The van der Waals surface area contributed by atoms with E-state index in [1.54, 1.807) is 27.7 Å². The molecule has 0 amide bonds. The minimum absolute atomic E-state index is 0.249. The van der Waals surface area contributed by atoms with Crippen LogP contribution >= 0.6 is 0 Å². The highest BCUT2D eigenvalue weighted by Gasteiger charge is 2.63. The summed E-state index contributed by atoms with van der Waals surface area (Å²) in [7, 11) is 0. The van der Waals surface area contributed by atoms with Crippen LogP contribution in [0.25, 0.3) is 0 Å². The zero-order valence-corrected chi connectivity index (χ0v) is 14.4. The standard InChI is InChI=1S/C16H26O8/c1-9(2)5-15(13(21)22,7-11(17)18)16(14(23)24,6-10(3)4)8-12(19)20/h9-10H,5-8H2,1-4H3,(H,17,18)(H,19,20)(H,21,22)(H,23,24). The average molecular weight is 346 g/mol. The van der Waals surface area contributed by atoms with Crippen molar-refractivity contribution in [2.45, 2.75) is 53.4 Å². The van der Waals surface area contributed by atoms with E-state index in [0.717, 1.165) is 0 Å². The predicted molar refractivity (Wildman–Crippen MR) is 83.6 cm³/mol. The highest BCUT2D eigenvalue weighted by Crippen LogP contribution is 2.53. The lowest BCUT2D eigenvalue weighted by molar-refractivity contribution is -0.186. The lowest BCUT2D eigenvalue weighted by Crippen LogP contribution is -2.56. The lowest BCUT2D eigenvalue weighted by Gasteiger charge is -2.45. The highest BCUT2D eigenvalue weighted by atomic mass is 16.4. The van der Waals surface area contributed by atoms with E-state index < -0.39 is 47.5 Å². The topological polar surface area (TPSA) is 149 Å². The van der Waals surface area contributed by atoms with E-state index in [4.69, 9.17) is 0 Å². The molecule has 0 aromatic rings. The number of carbonyl (C=O) groups is 4. The van der Waals surface area contributed by atoms with Crippen LogP contribution in [0.1, 0.15) is 53.4 Å². The maximum Gasteiger partial charge on any atom is 0.311 e. The van der Waals surface area contributed by atoms with Crippen molar-refractivity contribution in [1.82, 2.24) is 0 Å². The van der Waals surface area contributed by atoms with Crippen LogP contribution in [0.2, 0.25) is 0 Å². The maximum atomic E-state index is 12.1. The molecule has 4 N–H and O–H groups in total. The van der Waals surface area contributed by atoms with Crippen molar-refractivity contribution < 1.29 is 39.6 Å². The summed E-state index contributed by atoms with van der Waals surface area (Å²) in [6, 6.07) is 0. The lowest BCUT2D eigenvalue weighted by atomic mass is 9.54. The zero-order valence-electron chi connectivity index (χ0n) is 14.4. The Morgan fingerprint density at radius 3 is 1.04 bits per heavy atom. The van der Waals surface area contributed by atoms with E-state index in [-0.39, 0.29) is 24.7 Å². The van der Waals surface area contributed by atoms with Crippen molar-refractivity contribution in [3.63, 3.8) is 0 Å². The molecule has 2 atom stereocenters.